The SMILES string of the molecule is Cc1ccc(Oc2ccc(Nc3ncnc4sc5c(c34)CCN(C(=O)/C=C/CNC3CCOC3)C5)cc2C)cn1. The van der Waals surface area contributed by atoms with Gasteiger partial charge >= 0.3 is 0 Å². The number of aromatic nitrogens is 3. The van der Waals surface area contributed by atoms with Crippen molar-refractivity contribution in [3.63, 3.8) is 0 Å². The van der Waals surface area contributed by atoms with Crippen LogP contribution < -0.4 is 15.4 Å². The number of benzene rings is 1. The van der Waals surface area contributed by atoms with Crippen LogP contribution >= 0.6 is 11.3 Å². The fourth-order valence-electron chi connectivity index (χ4n) is 5.03. The van der Waals surface area contributed by atoms with Crippen LogP contribution in [0.2, 0.25) is 0 Å². The zero-order valence-electron chi connectivity index (χ0n) is 22.6. The lowest BCUT2D eigenvalue weighted by Crippen LogP contribution is -2.34. The van der Waals surface area contributed by atoms with Crippen LogP contribution in [0.5, 0.6) is 11.5 Å². The van der Waals surface area contributed by atoms with Crippen LogP contribution in [0, 0.1) is 13.8 Å². The summed E-state index contributed by atoms with van der Waals surface area (Å²) < 4.78 is 11.4. The van der Waals surface area contributed by atoms with Crippen LogP contribution in [0.1, 0.15) is 28.1 Å². The number of hydrogen-bond acceptors (Lipinski definition) is 9. The molecule has 0 aliphatic carbocycles. The van der Waals surface area contributed by atoms with Gasteiger partial charge in [0, 0.05) is 48.1 Å². The third-order valence-electron chi connectivity index (χ3n) is 7.21. The first-order valence-electron chi connectivity index (χ1n) is 13.5. The van der Waals surface area contributed by atoms with Gasteiger partial charge in [-0.3, -0.25) is 9.78 Å². The monoisotopic (exact) mass is 556 g/mol. The molecule has 1 unspecified atom stereocenters. The van der Waals surface area contributed by atoms with Crippen molar-refractivity contribution in [2.45, 2.75) is 39.3 Å². The second-order valence-electron chi connectivity index (χ2n) is 10.1. The molecule has 3 aromatic heterocycles. The normalized spacial score (nSPS) is 16.9. The van der Waals surface area contributed by atoms with Gasteiger partial charge in [0.25, 0.3) is 0 Å². The van der Waals surface area contributed by atoms with Gasteiger partial charge < -0.3 is 25.0 Å². The Bertz CT molecular complexity index is 1550. The largest absolute Gasteiger partial charge is 0.455 e. The van der Waals surface area contributed by atoms with Crippen molar-refractivity contribution in [3.8, 4) is 11.5 Å². The van der Waals surface area contributed by atoms with E-state index < -0.39 is 0 Å². The van der Waals surface area contributed by atoms with E-state index in [0.717, 1.165) is 64.8 Å². The highest BCUT2D eigenvalue weighted by atomic mass is 32.1. The molecule has 1 amide bonds. The van der Waals surface area contributed by atoms with Crippen molar-refractivity contribution in [2.24, 2.45) is 0 Å². The predicted molar refractivity (Wildman–Crippen MR) is 156 cm³/mol. The fraction of sp³-hybridized carbons (Fsp3) is 0.333. The second kappa shape index (κ2) is 11.7. The Morgan fingerprint density at radius 3 is 2.95 bits per heavy atom. The molecular weight excluding hydrogens is 524 g/mol. The highest BCUT2D eigenvalue weighted by molar-refractivity contribution is 7.19. The lowest BCUT2D eigenvalue weighted by atomic mass is 10.0. The molecule has 5 heterocycles. The summed E-state index contributed by atoms with van der Waals surface area (Å²) in [5, 5.41) is 7.94. The number of fused-ring (bicyclic) bond motifs is 3. The highest BCUT2D eigenvalue weighted by Gasteiger charge is 2.25. The summed E-state index contributed by atoms with van der Waals surface area (Å²) in [5.41, 5.74) is 4.09. The maximum absolute atomic E-state index is 12.9. The summed E-state index contributed by atoms with van der Waals surface area (Å²) >= 11 is 1.64. The molecule has 9 nitrogen and oxygen atoms in total. The Morgan fingerprint density at radius 2 is 2.15 bits per heavy atom. The van der Waals surface area contributed by atoms with Crippen LogP contribution in [0.25, 0.3) is 10.2 Å². The number of thiophene rings is 1. The third-order valence-corrected chi connectivity index (χ3v) is 8.34. The molecule has 0 bridgehead atoms. The Balaban J connectivity index is 1.14. The molecule has 0 saturated carbocycles. The van der Waals surface area contributed by atoms with Gasteiger partial charge in [-0.15, -0.1) is 11.3 Å². The van der Waals surface area contributed by atoms with Gasteiger partial charge in [-0.1, -0.05) is 6.08 Å². The molecule has 1 fully saturated rings. The zero-order valence-corrected chi connectivity index (χ0v) is 23.5. The number of nitrogens with one attached hydrogen (secondary N) is 2. The van der Waals surface area contributed by atoms with Gasteiger partial charge in [-0.2, -0.15) is 0 Å². The number of carbonyl (C=O) groups excluding carboxylic acids is 1. The minimum absolute atomic E-state index is 0.0382. The van der Waals surface area contributed by atoms with Gasteiger partial charge in [-0.25, -0.2) is 9.97 Å². The first-order chi connectivity index (χ1) is 19.5. The van der Waals surface area contributed by atoms with E-state index in [0.29, 0.717) is 31.4 Å². The van der Waals surface area contributed by atoms with Crippen molar-refractivity contribution in [1.82, 2.24) is 25.2 Å². The molecule has 2 aliphatic rings. The molecule has 2 N–H and O–H groups in total. The van der Waals surface area contributed by atoms with Crippen molar-refractivity contribution >= 4 is 39.0 Å². The minimum Gasteiger partial charge on any atom is -0.455 e. The number of aryl methyl sites for hydroxylation is 2. The van der Waals surface area contributed by atoms with Crippen molar-refractivity contribution in [3.05, 3.63) is 76.7 Å². The van der Waals surface area contributed by atoms with E-state index in [9.17, 15) is 4.79 Å². The number of anilines is 2. The van der Waals surface area contributed by atoms with Crippen LogP contribution in [-0.2, 0) is 22.5 Å². The third kappa shape index (κ3) is 5.84. The second-order valence-corrected chi connectivity index (χ2v) is 11.2. The van der Waals surface area contributed by atoms with Crippen LogP contribution in [0.15, 0.2) is 55.0 Å². The van der Waals surface area contributed by atoms with Gasteiger partial charge in [-0.05, 0) is 68.1 Å². The fourth-order valence-corrected chi connectivity index (χ4v) is 6.23. The first kappa shape index (κ1) is 26.4. The number of ether oxygens (including phenoxy) is 2. The number of nitrogens with zero attached hydrogens (tertiary/aromatic N) is 4. The van der Waals surface area contributed by atoms with E-state index in [1.807, 2.05) is 55.2 Å². The summed E-state index contributed by atoms with van der Waals surface area (Å²) in [5.74, 6) is 2.30. The highest BCUT2D eigenvalue weighted by Crippen LogP contribution is 2.38. The lowest BCUT2D eigenvalue weighted by Gasteiger charge is -2.26. The molecule has 206 valence electrons. The molecule has 6 rings (SSSR count). The summed E-state index contributed by atoms with van der Waals surface area (Å²) in [7, 11) is 0. The molecule has 2 aliphatic heterocycles. The summed E-state index contributed by atoms with van der Waals surface area (Å²) in [6.07, 6.45) is 8.70. The Labute approximate surface area is 237 Å². The predicted octanol–water partition coefficient (Wildman–Crippen LogP) is 5.06. The Morgan fingerprint density at radius 1 is 1.23 bits per heavy atom. The standard InChI is InChI=1S/C30H32N6O3S/c1-19-14-21(6-8-25(19)39-23-7-5-20(2)32-15-23)35-29-28-24-9-12-36(16-26(24)40-30(28)34-18-33-29)27(37)4-3-11-31-22-10-13-38-17-22/h3-8,14-15,18,22,31H,9-13,16-17H2,1-2H3,(H,33,34,35)/b4-3+. The van der Waals surface area contributed by atoms with Gasteiger partial charge in [0.15, 0.2) is 0 Å². The smallest absolute Gasteiger partial charge is 0.246 e. The van der Waals surface area contributed by atoms with E-state index in [4.69, 9.17) is 9.47 Å². The van der Waals surface area contributed by atoms with E-state index in [1.165, 1.54) is 10.4 Å². The molecule has 0 spiro atoms. The number of carbonyl (C=O) groups is 1. The molecule has 1 saturated heterocycles. The molecule has 0 radical (unpaired) electrons. The Kier molecular flexibility index (Phi) is 7.72. The molecule has 10 heteroatoms. The average Bonchev–Trinajstić information content (AvgIpc) is 3.61. The lowest BCUT2D eigenvalue weighted by molar-refractivity contribution is -0.126. The van der Waals surface area contributed by atoms with Crippen LogP contribution in [0.3, 0.4) is 0 Å². The Hall–Kier alpha value is -3.86. The maximum Gasteiger partial charge on any atom is 0.246 e. The van der Waals surface area contributed by atoms with E-state index in [-0.39, 0.29) is 5.91 Å². The first-order valence-corrected chi connectivity index (χ1v) is 14.3. The van der Waals surface area contributed by atoms with Crippen molar-refractivity contribution in [1.29, 1.82) is 0 Å². The summed E-state index contributed by atoms with van der Waals surface area (Å²) in [4.78, 5) is 30.3. The molecule has 1 atom stereocenters. The quantitative estimate of drug-likeness (QED) is 0.291. The average molecular weight is 557 g/mol. The minimum atomic E-state index is 0.0382. The van der Waals surface area contributed by atoms with Gasteiger partial charge in [0.1, 0.15) is 28.5 Å². The summed E-state index contributed by atoms with van der Waals surface area (Å²) in [6, 6.07) is 10.2. The van der Waals surface area contributed by atoms with Crippen LogP contribution in [0.4, 0.5) is 11.5 Å². The van der Waals surface area contributed by atoms with E-state index in [1.54, 1.807) is 29.9 Å². The van der Waals surface area contributed by atoms with Gasteiger partial charge in [0.05, 0.1) is 24.7 Å². The topological polar surface area (TPSA) is 102 Å². The van der Waals surface area contributed by atoms with Crippen molar-refractivity contribution < 1.29 is 14.3 Å². The molecule has 40 heavy (non-hydrogen) atoms. The summed E-state index contributed by atoms with van der Waals surface area (Å²) in [6.45, 7) is 7.44. The number of amides is 1. The number of rotatable bonds is 8. The van der Waals surface area contributed by atoms with E-state index >= 15 is 0 Å². The van der Waals surface area contributed by atoms with E-state index in [2.05, 4.69) is 25.6 Å². The molecule has 1 aromatic carbocycles. The van der Waals surface area contributed by atoms with Gasteiger partial charge in [0.2, 0.25) is 5.91 Å². The maximum atomic E-state index is 12.9. The number of hydrogen-bond donors (Lipinski definition) is 2. The van der Waals surface area contributed by atoms with Crippen molar-refractivity contribution in [2.75, 3.05) is 31.6 Å². The zero-order chi connectivity index (χ0) is 27.5. The molecular formula is C30H32N6O3S. The molecule has 4 aromatic rings. The van der Waals surface area contributed by atoms with Crippen LogP contribution in [-0.4, -0.2) is 58.1 Å². The number of pyridine rings is 1.